The second-order valence-corrected chi connectivity index (χ2v) is 3.08. The van der Waals surface area contributed by atoms with Gasteiger partial charge in [-0.1, -0.05) is 0 Å². The Morgan fingerprint density at radius 1 is 1.36 bits per heavy atom. The lowest BCUT2D eigenvalue weighted by Gasteiger charge is -2.13. The van der Waals surface area contributed by atoms with Crippen LogP contribution < -0.4 is 0 Å². The van der Waals surface area contributed by atoms with Gasteiger partial charge < -0.3 is 9.84 Å². The topological polar surface area (TPSA) is 80.7 Å². The molecule has 14 heavy (non-hydrogen) atoms. The van der Waals surface area contributed by atoms with Gasteiger partial charge in [-0.05, 0) is 13.8 Å². The monoisotopic (exact) mass is 202 g/mol. The normalized spacial score (nSPS) is 14.5. The molecule has 2 atom stereocenters. The Kier molecular flexibility index (Phi) is 5.01. The van der Waals surface area contributed by atoms with Gasteiger partial charge in [0.25, 0.3) is 0 Å². The van der Waals surface area contributed by atoms with Gasteiger partial charge in [-0.2, -0.15) is 0 Å². The third-order valence-electron chi connectivity index (χ3n) is 1.89. The molecule has 0 radical (unpaired) electrons. The Labute approximate surface area is 82.1 Å². The molecule has 0 rings (SSSR count). The zero-order valence-corrected chi connectivity index (χ0v) is 8.44. The zero-order valence-electron chi connectivity index (χ0n) is 8.44. The number of hydrogen-bond acceptors (Lipinski definition) is 4. The first-order valence-corrected chi connectivity index (χ1v) is 4.19. The molecule has 0 spiro atoms. The highest BCUT2D eigenvalue weighted by Gasteiger charge is 2.31. The van der Waals surface area contributed by atoms with E-state index in [-0.39, 0.29) is 12.2 Å². The van der Waals surface area contributed by atoms with Crippen molar-refractivity contribution in [3.05, 3.63) is 0 Å². The summed E-state index contributed by atoms with van der Waals surface area (Å²) < 4.78 is 4.70. The summed E-state index contributed by atoms with van der Waals surface area (Å²) >= 11 is 0. The fraction of sp³-hybridized carbons (Fsp3) is 0.667. The van der Waals surface area contributed by atoms with Crippen LogP contribution in [0, 0.1) is 5.92 Å². The minimum absolute atomic E-state index is 0.276. The van der Waals surface area contributed by atoms with Crippen LogP contribution in [0.1, 0.15) is 20.3 Å². The predicted octanol–water partition coefficient (Wildman–Crippen LogP) is 0.270. The number of methoxy groups -OCH3 is 1. The summed E-state index contributed by atoms with van der Waals surface area (Å²) in [6.45, 7) is 2.71. The zero-order chi connectivity index (χ0) is 11.3. The van der Waals surface area contributed by atoms with E-state index < -0.39 is 23.8 Å². The Bertz CT molecular complexity index is 246. The summed E-state index contributed by atoms with van der Waals surface area (Å²) in [5.41, 5.74) is 0. The maximum atomic E-state index is 11.4. The Morgan fingerprint density at radius 3 is 2.14 bits per heavy atom. The number of carboxylic acid groups (broad SMARTS) is 1. The van der Waals surface area contributed by atoms with Crippen molar-refractivity contribution >= 4 is 17.5 Å². The summed E-state index contributed by atoms with van der Waals surface area (Å²) in [5, 5.41) is 8.71. The SMILES string of the molecule is COC(C)C(=O)C(CC(C)=O)C(=O)O. The smallest absolute Gasteiger partial charge is 0.314 e. The maximum absolute atomic E-state index is 11.4. The van der Waals surface area contributed by atoms with Crippen LogP contribution in [0.5, 0.6) is 0 Å². The van der Waals surface area contributed by atoms with Gasteiger partial charge in [-0.15, -0.1) is 0 Å². The molecule has 0 aliphatic heterocycles. The summed E-state index contributed by atoms with van der Waals surface area (Å²) in [5.74, 6) is -3.47. The minimum atomic E-state index is -1.29. The first kappa shape index (κ1) is 12.8. The quantitative estimate of drug-likeness (QED) is 0.625. The minimum Gasteiger partial charge on any atom is -0.481 e. The van der Waals surface area contributed by atoms with Crippen LogP contribution in [-0.4, -0.2) is 35.9 Å². The predicted molar refractivity (Wildman–Crippen MR) is 47.9 cm³/mol. The fourth-order valence-corrected chi connectivity index (χ4v) is 0.997. The lowest BCUT2D eigenvalue weighted by Crippen LogP contribution is -2.33. The molecule has 0 aliphatic rings. The fourth-order valence-electron chi connectivity index (χ4n) is 0.997. The second kappa shape index (κ2) is 5.49. The van der Waals surface area contributed by atoms with Crippen molar-refractivity contribution in [2.24, 2.45) is 5.92 Å². The molecule has 0 aromatic heterocycles. The van der Waals surface area contributed by atoms with E-state index in [2.05, 4.69) is 0 Å². The summed E-state index contributed by atoms with van der Waals surface area (Å²) in [6, 6.07) is 0. The highest BCUT2D eigenvalue weighted by atomic mass is 16.5. The molecule has 0 heterocycles. The Morgan fingerprint density at radius 2 is 1.86 bits per heavy atom. The highest BCUT2D eigenvalue weighted by Crippen LogP contribution is 2.10. The van der Waals surface area contributed by atoms with Crippen LogP contribution in [0.25, 0.3) is 0 Å². The van der Waals surface area contributed by atoms with Crippen LogP contribution in [0.15, 0.2) is 0 Å². The van der Waals surface area contributed by atoms with E-state index >= 15 is 0 Å². The molecular formula is C9H14O5. The molecule has 0 saturated carbocycles. The van der Waals surface area contributed by atoms with Crippen molar-refractivity contribution in [1.82, 2.24) is 0 Å². The first-order chi connectivity index (χ1) is 6.40. The summed E-state index contributed by atoms with van der Waals surface area (Å²) in [4.78, 5) is 32.8. The summed E-state index contributed by atoms with van der Waals surface area (Å²) in [6.07, 6.45) is -1.07. The Balaban J connectivity index is 4.57. The number of ketones is 2. The van der Waals surface area contributed by atoms with Crippen molar-refractivity contribution in [2.75, 3.05) is 7.11 Å². The molecule has 0 aromatic rings. The van der Waals surface area contributed by atoms with Crippen molar-refractivity contribution in [3.63, 3.8) is 0 Å². The van der Waals surface area contributed by atoms with Crippen LogP contribution in [0.4, 0.5) is 0 Å². The van der Waals surface area contributed by atoms with Crippen LogP contribution >= 0.6 is 0 Å². The average Bonchev–Trinajstić information content (AvgIpc) is 2.11. The average molecular weight is 202 g/mol. The number of carboxylic acids is 1. The first-order valence-electron chi connectivity index (χ1n) is 4.19. The van der Waals surface area contributed by atoms with Gasteiger partial charge in [0, 0.05) is 13.5 Å². The molecule has 1 N–H and O–H groups in total. The lowest BCUT2D eigenvalue weighted by atomic mass is 9.95. The molecule has 0 aliphatic carbocycles. The van der Waals surface area contributed by atoms with Gasteiger partial charge in [0.15, 0.2) is 5.78 Å². The van der Waals surface area contributed by atoms with E-state index in [1.165, 1.54) is 21.0 Å². The molecule has 0 saturated heterocycles. The second-order valence-electron chi connectivity index (χ2n) is 3.08. The highest BCUT2D eigenvalue weighted by molar-refractivity contribution is 6.03. The van der Waals surface area contributed by atoms with Crippen molar-refractivity contribution in [1.29, 1.82) is 0 Å². The summed E-state index contributed by atoms with van der Waals surface area (Å²) in [7, 11) is 1.31. The van der Waals surface area contributed by atoms with Crippen LogP contribution in [0.3, 0.4) is 0 Å². The number of rotatable bonds is 6. The van der Waals surface area contributed by atoms with E-state index in [0.29, 0.717) is 0 Å². The third-order valence-corrected chi connectivity index (χ3v) is 1.89. The van der Waals surface area contributed by atoms with E-state index in [1.807, 2.05) is 0 Å². The lowest BCUT2D eigenvalue weighted by molar-refractivity contribution is -0.151. The van der Waals surface area contributed by atoms with Crippen molar-refractivity contribution in [3.8, 4) is 0 Å². The molecule has 5 heteroatoms. The van der Waals surface area contributed by atoms with Gasteiger partial charge >= 0.3 is 5.97 Å². The largest absolute Gasteiger partial charge is 0.481 e. The number of aliphatic carboxylic acids is 1. The van der Waals surface area contributed by atoms with Crippen molar-refractivity contribution < 1.29 is 24.2 Å². The van der Waals surface area contributed by atoms with Crippen molar-refractivity contribution in [2.45, 2.75) is 26.4 Å². The standard InChI is InChI=1S/C9H14O5/c1-5(10)4-7(9(12)13)8(11)6(2)14-3/h6-7H,4H2,1-3H3,(H,12,13). The van der Waals surface area contributed by atoms with Gasteiger partial charge in [-0.3, -0.25) is 14.4 Å². The van der Waals surface area contributed by atoms with Crippen LogP contribution in [-0.2, 0) is 19.1 Å². The van der Waals surface area contributed by atoms with E-state index in [0.717, 1.165) is 0 Å². The van der Waals surface area contributed by atoms with Gasteiger partial charge in [0.05, 0.1) is 0 Å². The number of hydrogen-bond donors (Lipinski definition) is 1. The van der Waals surface area contributed by atoms with E-state index in [4.69, 9.17) is 9.84 Å². The molecule has 80 valence electrons. The number of Topliss-reactive ketones (excluding diaryl/α,β-unsaturated/α-hetero) is 2. The molecule has 2 unspecified atom stereocenters. The molecular weight excluding hydrogens is 188 g/mol. The maximum Gasteiger partial charge on any atom is 0.314 e. The van der Waals surface area contributed by atoms with E-state index in [9.17, 15) is 14.4 Å². The van der Waals surface area contributed by atoms with Crippen LogP contribution in [0.2, 0.25) is 0 Å². The molecule has 0 fully saturated rings. The number of ether oxygens (including phenoxy) is 1. The molecule has 0 amide bonds. The van der Waals surface area contributed by atoms with Gasteiger partial charge in [-0.25, -0.2) is 0 Å². The molecule has 0 aromatic carbocycles. The van der Waals surface area contributed by atoms with Gasteiger partial charge in [0.1, 0.15) is 17.8 Å². The number of carbonyl (C=O) groups is 3. The molecule has 0 bridgehead atoms. The Hall–Kier alpha value is -1.23. The third kappa shape index (κ3) is 3.66. The molecule has 5 nitrogen and oxygen atoms in total. The van der Waals surface area contributed by atoms with Gasteiger partial charge in [0.2, 0.25) is 0 Å². The van der Waals surface area contributed by atoms with E-state index in [1.54, 1.807) is 0 Å². The number of carbonyl (C=O) groups excluding carboxylic acids is 2.